The second kappa shape index (κ2) is 7.72. The predicted octanol–water partition coefficient (Wildman–Crippen LogP) is 0.592. The molecule has 150 valence electrons. The average molecular weight is 388 g/mol. The van der Waals surface area contributed by atoms with Crippen LogP contribution in [-0.2, 0) is 44.7 Å². The topological polar surface area (TPSA) is 162 Å². The number of nitrogens with two attached hydrogens (primary N) is 2. The quantitative estimate of drug-likeness (QED) is 0.336. The molecule has 2 heterocycles. The second-order valence-corrected chi connectivity index (χ2v) is 7.20. The maximum atomic E-state index is 12.1. The van der Waals surface area contributed by atoms with Gasteiger partial charge in [-0.15, -0.1) is 0 Å². The highest BCUT2D eigenvalue weighted by Crippen LogP contribution is 2.27. The predicted molar refractivity (Wildman–Crippen MR) is 96.5 cm³/mol. The van der Waals surface area contributed by atoms with E-state index in [0.29, 0.717) is 11.4 Å². The number of hydrogen-bond acceptors (Lipinski definition) is 8. The van der Waals surface area contributed by atoms with E-state index in [1.807, 2.05) is 0 Å². The van der Waals surface area contributed by atoms with Gasteiger partial charge in [0.25, 0.3) is 0 Å². The van der Waals surface area contributed by atoms with E-state index < -0.39 is 24.4 Å². The zero-order chi connectivity index (χ0) is 19.7. The molecular formula is C18H24N6O4. The Morgan fingerprint density at radius 2 is 1.14 bits per heavy atom. The van der Waals surface area contributed by atoms with Crippen molar-refractivity contribution >= 4 is 11.9 Å². The summed E-state index contributed by atoms with van der Waals surface area (Å²) in [6.45, 7) is 0. The molecule has 0 saturated heterocycles. The lowest BCUT2D eigenvalue weighted by Gasteiger charge is -2.17. The minimum absolute atomic E-state index is 0.446. The molecule has 0 radical (unpaired) electrons. The van der Waals surface area contributed by atoms with Crippen LogP contribution in [0.15, 0.2) is 0 Å². The number of esters is 2. The maximum Gasteiger partial charge on any atom is 0.419 e. The van der Waals surface area contributed by atoms with Crippen LogP contribution in [0.3, 0.4) is 0 Å². The Kier molecular flexibility index (Phi) is 5.14. The molecule has 2 atom stereocenters. The van der Waals surface area contributed by atoms with Crippen LogP contribution < -0.4 is 11.5 Å². The molecule has 2 unspecified atom stereocenters. The van der Waals surface area contributed by atoms with E-state index in [9.17, 15) is 9.59 Å². The minimum Gasteiger partial charge on any atom is -0.432 e. The van der Waals surface area contributed by atoms with Gasteiger partial charge in [0.05, 0.1) is 0 Å². The van der Waals surface area contributed by atoms with Crippen molar-refractivity contribution < 1.29 is 19.1 Å². The third-order valence-electron chi connectivity index (χ3n) is 5.35. The lowest BCUT2D eigenvalue weighted by atomic mass is 9.95. The second-order valence-electron chi connectivity index (χ2n) is 7.20. The zero-order valence-electron chi connectivity index (χ0n) is 15.5. The van der Waals surface area contributed by atoms with Crippen molar-refractivity contribution in [2.75, 3.05) is 0 Å². The molecule has 2 aliphatic carbocycles. The molecule has 0 saturated carbocycles. The molecule has 2 aromatic rings. The molecule has 10 heteroatoms. The van der Waals surface area contributed by atoms with Gasteiger partial charge in [0.2, 0.25) is 0 Å². The lowest BCUT2D eigenvalue weighted by molar-refractivity contribution is -0.174. The standard InChI is InChI=1S/C18H24N6O4/c19-15(13-9-5-1-3-7-11(9)21-23-13)27-17(25)18(26)28-16(20)14-10-6-2-4-8-12(10)22-24-14/h15-16H,1-8,19-20H2,(H,21,23)(H,22,24). The summed E-state index contributed by atoms with van der Waals surface area (Å²) in [5.74, 6) is -2.42. The summed E-state index contributed by atoms with van der Waals surface area (Å²) in [5.41, 5.74) is 16.7. The van der Waals surface area contributed by atoms with E-state index in [1.54, 1.807) is 0 Å². The highest BCUT2D eigenvalue weighted by Gasteiger charge is 2.30. The molecular weight excluding hydrogens is 364 g/mol. The highest BCUT2D eigenvalue weighted by molar-refractivity contribution is 6.29. The first-order chi connectivity index (χ1) is 13.5. The van der Waals surface area contributed by atoms with Crippen molar-refractivity contribution in [2.24, 2.45) is 11.5 Å². The number of rotatable bonds is 4. The summed E-state index contributed by atoms with van der Waals surface area (Å²) in [5, 5.41) is 14.1. The summed E-state index contributed by atoms with van der Waals surface area (Å²) in [4.78, 5) is 24.2. The van der Waals surface area contributed by atoms with Crippen LogP contribution in [0.2, 0.25) is 0 Å². The van der Waals surface area contributed by atoms with Crippen molar-refractivity contribution in [2.45, 2.75) is 63.8 Å². The molecule has 0 spiro atoms. The van der Waals surface area contributed by atoms with E-state index in [0.717, 1.165) is 73.9 Å². The summed E-state index contributed by atoms with van der Waals surface area (Å²) < 4.78 is 10.1. The number of fused-ring (bicyclic) bond motifs is 2. The lowest BCUT2D eigenvalue weighted by Crippen LogP contribution is -2.30. The van der Waals surface area contributed by atoms with Gasteiger partial charge in [0.15, 0.2) is 12.5 Å². The fraction of sp³-hybridized carbons (Fsp3) is 0.556. The van der Waals surface area contributed by atoms with E-state index in [-0.39, 0.29) is 0 Å². The van der Waals surface area contributed by atoms with Gasteiger partial charge >= 0.3 is 11.9 Å². The third kappa shape index (κ3) is 3.52. The summed E-state index contributed by atoms with van der Waals surface area (Å²) in [7, 11) is 0. The van der Waals surface area contributed by atoms with Crippen molar-refractivity contribution in [3.05, 3.63) is 33.9 Å². The van der Waals surface area contributed by atoms with Crippen LogP contribution >= 0.6 is 0 Å². The van der Waals surface area contributed by atoms with E-state index in [4.69, 9.17) is 20.9 Å². The van der Waals surface area contributed by atoms with Crippen LogP contribution in [0.5, 0.6) is 0 Å². The van der Waals surface area contributed by atoms with Crippen LogP contribution in [0.1, 0.15) is 72.0 Å². The highest BCUT2D eigenvalue weighted by atomic mass is 16.6. The SMILES string of the molecule is NC(OC(=O)C(=O)OC(N)c1n[nH]c2c1CCCC2)c1n[nH]c2c1CCCC2. The first-order valence-electron chi connectivity index (χ1n) is 9.59. The fourth-order valence-electron chi connectivity index (χ4n) is 3.92. The van der Waals surface area contributed by atoms with Crippen molar-refractivity contribution in [1.82, 2.24) is 20.4 Å². The number of ether oxygens (including phenoxy) is 2. The molecule has 28 heavy (non-hydrogen) atoms. The number of aromatic nitrogens is 4. The monoisotopic (exact) mass is 388 g/mol. The van der Waals surface area contributed by atoms with Gasteiger partial charge in [-0.3, -0.25) is 21.7 Å². The summed E-state index contributed by atoms with van der Waals surface area (Å²) in [6.07, 6.45) is 5.28. The summed E-state index contributed by atoms with van der Waals surface area (Å²) >= 11 is 0. The smallest absolute Gasteiger partial charge is 0.419 e. The molecule has 0 aliphatic heterocycles. The van der Waals surface area contributed by atoms with Crippen molar-refractivity contribution in [3.63, 3.8) is 0 Å². The number of nitrogens with zero attached hydrogens (tertiary/aromatic N) is 2. The molecule has 0 bridgehead atoms. The van der Waals surface area contributed by atoms with Gasteiger partial charge in [-0.05, 0) is 51.4 Å². The Labute approximate surface area is 161 Å². The Bertz CT molecular complexity index is 817. The molecule has 4 rings (SSSR count). The van der Waals surface area contributed by atoms with Gasteiger partial charge in [-0.1, -0.05) is 0 Å². The number of hydrogen-bond donors (Lipinski definition) is 4. The largest absolute Gasteiger partial charge is 0.432 e. The number of carbonyl (C=O) groups is 2. The summed E-state index contributed by atoms with van der Waals surface area (Å²) in [6, 6.07) is 0. The number of aryl methyl sites for hydroxylation is 2. The van der Waals surface area contributed by atoms with Gasteiger partial charge < -0.3 is 9.47 Å². The zero-order valence-corrected chi connectivity index (χ0v) is 15.5. The molecule has 10 nitrogen and oxygen atoms in total. The first kappa shape index (κ1) is 18.6. The Morgan fingerprint density at radius 3 is 1.57 bits per heavy atom. The van der Waals surface area contributed by atoms with E-state index in [1.165, 1.54) is 0 Å². The van der Waals surface area contributed by atoms with Crippen LogP contribution in [0, 0.1) is 0 Å². The van der Waals surface area contributed by atoms with Crippen molar-refractivity contribution in [1.29, 1.82) is 0 Å². The Morgan fingerprint density at radius 1 is 0.750 bits per heavy atom. The molecule has 2 aromatic heterocycles. The number of carbonyl (C=O) groups excluding carboxylic acids is 2. The van der Waals surface area contributed by atoms with Gasteiger partial charge in [-0.2, -0.15) is 10.2 Å². The fourth-order valence-corrected chi connectivity index (χ4v) is 3.92. The molecule has 0 aromatic carbocycles. The van der Waals surface area contributed by atoms with E-state index in [2.05, 4.69) is 20.4 Å². The number of nitrogens with one attached hydrogen (secondary N) is 2. The third-order valence-corrected chi connectivity index (χ3v) is 5.35. The minimum atomic E-state index is -1.21. The van der Waals surface area contributed by atoms with Crippen LogP contribution in [0.25, 0.3) is 0 Å². The Hall–Kier alpha value is -2.72. The number of H-pyrrole nitrogens is 2. The maximum absolute atomic E-state index is 12.1. The molecule has 2 aliphatic rings. The van der Waals surface area contributed by atoms with Crippen LogP contribution in [0.4, 0.5) is 0 Å². The average Bonchev–Trinajstić information content (AvgIpc) is 3.32. The first-order valence-corrected chi connectivity index (χ1v) is 9.59. The van der Waals surface area contributed by atoms with Gasteiger partial charge in [-0.25, -0.2) is 9.59 Å². The van der Waals surface area contributed by atoms with Crippen molar-refractivity contribution in [3.8, 4) is 0 Å². The Balaban J connectivity index is 1.37. The van der Waals surface area contributed by atoms with Gasteiger partial charge in [0, 0.05) is 22.5 Å². The normalized spacial score (nSPS) is 17.9. The van der Waals surface area contributed by atoms with Crippen LogP contribution in [-0.4, -0.2) is 32.3 Å². The molecule has 6 N–H and O–H groups in total. The van der Waals surface area contributed by atoms with Gasteiger partial charge in [0.1, 0.15) is 11.4 Å². The van der Waals surface area contributed by atoms with E-state index >= 15 is 0 Å². The number of aromatic amines is 2. The molecule has 0 fully saturated rings. The molecule has 0 amide bonds.